The number of nitrogens with one attached hydrogen (secondary N) is 1. The van der Waals surface area contributed by atoms with E-state index in [9.17, 15) is 19.8 Å². The van der Waals surface area contributed by atoms with Crippen LogP contribution in [0, 0.1) is 0 Å². The van der Waals surface area contributed by atoms with E-state index in [4.69, 9.17) is 4.74 Å². The summed E-state index contributed by atoms with van der Waals surface area (Å²) in [5.41, 5.74) is 0. The van der Waals surface area contributed by atoms with Gasteiger partial charge in [-0.05, 0) is 51.4 Å². The molecule has 2 atom stereocenters. The van der Waals surface area contributed by atoms with Gasteiger partial charge in [-0.15, -0.1) is 0 Å². The highest BCUT2D eigenvalue weighted by Crippen LogP contribution is 2.19. The molecule has 0 heterocycles. The molecule has 2 unspecified atom stereocenters. The Morgan fingerprint density at radius 3 is 0.922 bits per heavy atom. The van der Waals surface area contributed by atoms with Crippen LogP contribution in [0.5, 0.6) is 0 Å². The number of hydrogen-bond donors (Lipinski definition) is 3. The number of unbranched alkanes of at least 4 members (excludes halogenated alkanes) is 54. The minimum absolute atomic E-state index is 0.0124. The molecule has 3 N–H and O–H groups in total. The molecule has 0 rings (SSSR count). The van der Waals surface area contributed by atoms with E-state index in [1.54, 1.807) is 0 Å². The lowest BCUT2D eigenvalue weighted by atomic mass is 10.0. The van der Waals surface area contributed by atoms with Gasteiger partial charge in [0, 0.05) is 12.8 Å². The minimum Gasteiger partial charge on any atom is -0.466 e. The third kappa shape index (κ3) is 63.6. The number of amides is 1. The molecule has 0 saturated heterocycles. The van der Waals surface area contributed by atoms with Gasteiger partial charge in [0.2, 0.25) is 5.91 Å². The van der Waals surface area contributed by atoms with Crippen molar-refractivity contribution in [3.8, 4) is 0 Å². The Morgan fingerprint density at radius 2 is 0.610 bits per heavy atom. The smallest absolute Gasteiger partial charge is 0.305 e. The summed E-state index contributed by atoms with van der Waals surface area (Å²) >= 11 is 0. The largest absolute Gasteiger partial charge is 0.466 e. The van der Waals surface area contributed by atoms with E-state index >= 15 is 0 Å². The third-order valence-corrected chi connectivity index (χ3v) is 16.8. The number of aliphatic hydroxyl groups excluding tert-OH is 2. The van der Waals surface area contributed by atoms with Crippen molar-refractivity contribution in [2.75, 3.05) is 13.2 Å². The van der Waals surface area contributed by atoms with E-state index in [2.05, 4.69) is 31.3 Å². The van der Waals surface area contributed by atoms with E-state index in [0.717, 1.165) is 44.9 Å². The lowest BCUT2D eigenvalue weighted by Gasteiger charge is -2.22. The number of rotatable bonds is 67. The Labute approximate surface area is 482 Å². The summed E-state index contributed by atoms with van der Waals surface area (Å²) in [5.74, 6) is -0.0150. The van der Waals surface area contributed by atoms with Gasteiger partial charge in [0.1, 0.15) is 0 Å². The van der Waals surface area contributed by atoms with Crippen molar-refractivity contribution in [1.82, 2.24) is 5.32 Å². The van der Waals surface area contributed by atoms with Gasteiger partial charge in [-0.3, -0.25) is 9.59 Å². The first-order chi connectivity index (χ1) is 38.0. The number of allylic oxidation sites excluding steroid dienone is 2. The SMILES string of the molecule is CCCCCCC/C=C\CCCCCCCC(=O)OCCCCCCCCCCCCCCCCCCCCCCCCCCCCCCCCC(=O)NC(CO)C(O)CCCCCCCCCCCCCCCCCC. The van der Waals surface area contributed by atoms with Crippen LogP contribution in [0.15, 0.2) is 12.2 Å². The molecule has 0 aliphatic rings. The van der Waals surface area contributed by atoms with Crippen LogP contribution >= 0.6 is 0 Å². The first-order valence-corrected chi connectivity index (χ1v) is 35.4. The van der Waals surface area contributed by atoms with Crippen molar-refractivity contribution in [3.63, 3.8) is 0 Å². The maximum atomic E-state index is 12.5. The summed E-state index contributed by atoms with van der Waals surface area (Å²) in [6.07, 6.45) is 82.7. The Morgan fingerprint density at radius 1 is 0.351 bits per heavy atom. The summed E-state index contributed by atoms with van der Waals surface area (Å²) in [5, 5.41) is 23.4. The number of carbonyl (C=O) groups excluding carboxylic acids is 2. The standard InChI is InChI=1S/C71H139NO5/c1-3-5-7-9-11-13-15-17-19-36-39-43-47-51-55-59-63-69(74)68(67-73)72-70(75)64-60-56-52-48-44-40-37-34-32-30-28-26-24-22-20-21-23-25-27-29-31-33-35-38-42-46-50-54-58-62-66-77-71(76)65-61-57-53-49-45-41-18-16-14-12-10-8-6-4-2/h16,18,68-69,73-74H,3-15,17,19-67H2,1-2H3,(H,72,75)/b18-16-. The molecular formula is C71H139NO5. The van der Waals surface area contributed by atoms with E-state index in [1.807, 2.05) is 0 Å². The molecule has 0 aromatic carbocycles. The zero-order valence-corrected chi connectivity index (χ0v) is 52.5. The summed E-state index contributed by atoms with van der Waals surface area (Å²) in [6.45, 7) is 4.98. The average Bonchev–Trinajstić information content (AvgIpc) is 3.43. The topological polar surface area (TPSA) is 95.9 Å². The first kappa shape index (κ1) is 75.6. The number of ether oxygens (including phenoxy) is 1. The Bertz CT molecular complexity index is 1160. The Kier molecular flexibility index (Phi) is 65.9. The summed E-state index contributed by atoms with van der Waals surface area (Å²) in [7, 11) is 0. The van der Waals surface area contributed by atoms with Crippen molar-refractivity contribution in [2.45, 2.75) is 418 Å². The maximum Gasteiger partial charge on any atom is 0.305 e. The second-order valence-electron chi connectivity index (χ2n) is 24.6. The normalized spacial score (nSPS) is 12.5. The second kappa shape index (κ2) is 67.1. The molecule has 0 aromatic rings. The molecule has 0 aliphatic carbocycles. The molecule has 0 saturated carbocycles. The molecule has 458 valence electrons. The van der Waals surface area contributed by atoms with Gasteiger partial charge in [-0.25, -0.2) is 0 Å². The van der Waals surface area contributed by atoms with Gasteiger partial charge in [0.05, 0.1) is 25.4 Å². The fourth-order valence-corrected chi connectivity index (χ4v) is 11.4. The van der Waals surface area contributed by atoms with Crippen LogP contribution < -0.4 is 5.32 Å². The highest BCUT2D eigenvalue weighted by Gasteiger charge is 2.20. The zero-order valence-electron chi connectivity index (χ0n) is 52.5. The van der Waals surface area contributed by atoms with Crippen LogP contribution in [0.1, 0.15) is 406 Å². The van der Waals surface area contributed by atoms with Crippen LogP contribution in [0.2, 0.25) is 0 Å². The molecular weight excluding hydrogens is 947 g/mol. The number of hydrogen-bond acceptors (Lipinski definition) is 5. The van der Waals surface area contributed by atoms with Gasteiger partial charge in [-0.1, -0.05) is 353 Å². The average molecular weight is 1090 g/mol. The van der Waals surface area contributed by atoms with Crippen molar-refractivity contribution < 1.29 is 24.5 Å². The van der Waals surface area contributed by atoms with E-state index < -0.39 is 12.1 Å². The van der Waals surface area contributed by atoms with E-state index in [1.165, 1.54) is 327 Å². The second-order valence-corrected chi connectivity index (χ2v) is 24.6. The summed E-state index contributed by atoms with van der Waals surface area (Å²) < 4.78 is 5.49. The van der Waals surface area contributed by atoms with Gasteiger partial charge >= 0.3 is 5.97 Å². The van der Waals surface area contributed by atoms with Crippen molar-refractivity contribution in [3.05, 3.63) is 12.2 Å². The number of carbonyl (C=O) groups is 2. The monoisotopic (exact) mass is 1090 g/mol. The van der Waals surface area contributed by atoms with Crippen LogP contribution in [-0.2, 0) is 14.3 Å². The molecule has 1 amide bonds. The van der Waals surface area contributed by atoms with Crippen LogP contribution in [-0.4, -0.2) is 47.4 Å². The number of esters is 1. The Balaban J connectivity index is 3.32. The molecule has 6 heteroatoms. The number of aliphatic hydroxyl groups is 2. The fraction of sp³-hybridized carbons (Fsp3) is 0.944. The third-order valence-electron chi connectivity index (χ3n) is 16.8. The molecule has 0 bridgehead atoms. The van der Waals surface area contributed by atoms with E-state index in [0.29, 0.717) is 25.9 Å². The van der Waals surface area contributed by atoms with Gasteiger partial charge < -0.3 is 20.3 Å². The predicted octanol–water partition coefficient (Wildman–Crippen LogP) is 22.8. The quantitative estimate of drug-likeness (QED) is 0.0320. The summed E-state index contributed by atoms with van der Waals surface area (Å²) in [6, 6.07) is -0.538. The fourth-order valence-electron chi connectivity index (χ4n) is 11.4. The molecule has 0 fully saturated rings. The van der Waals surface area contributed by atoms with Crippen LogP contribution in [0.4, 0.5) is 0 Å². The molecule has 0 radical (unpaired) electrons. The molecule has 0 aliphatic heterocycles. The van der Waals surface area contributed by atoms with Gasteiger partial charge in [-0.2, -0.15) is 0 Å². The lowest BCUT2D eigenvalue weighted by Crippen LogP contribution is -2.45. The van der Waals surface area contributed by atoms with Crippen LogP contribution in [0.25, 0.3) is 0 Å². The molecule has 0 aromatic heterocycles. The van der Waals surface area contributed by atoms with E-state index in [-0.39, 0.29) is 18.5 Å². The Hall–Kier alpha value is -1.40. The molecule has 0 spiro atoms. The predicted molar refractivity (Wildman–Crippen MR) is 338 cm³/mol. The lowest BCUT2D eigenvalue weighted by molar-refractivity contribution is -0.143. The maximum absolute atomic E-state index is 12.5. The van der Waals surface area contributed by atoms with Crippen molar-refractivity contribution >= 4 is 11.9 Å². The first-order valence-electron chi connectivity index (χ1n) is 35.4. The van der Waals surface area contributed by atoms with Gasteiger partial charge in [0.15, 0.2) is 0 Å². The highest BCUT2D eigenvalue weighted by atomic mass is 16.5. The van der Waals surface area contributed by atoms with Gasteiger partial charge in [0.25, 0.3) is 0 Å². The zero-order chi connectivity index (χ0) is 55.7. The molecule has 6 nitrogen and oxygen atoms in total. The minimum atomic E-state index is -0.661. The van der Waals surface area contributed by atoms with Crippen molar-refractivity contribution in [2.24, 2.45) is 0 Å². The van der Waals surface area contributed by atoms with Crippen molar-refractivity contribution in [1.29, 1.82) is 0 Å². The summed E-state index contributed by atoms with van der Waals surface area (Å²) in [4.78, 5) is 24.6. The van der Waals surface area contributed by atoms with Crippen LogP contribution in [0.3, 0.4) is 0 Å². The molecule has 77 heavy (non-hydrogen) atoms. The highest BCUT2D eigenvalue weighted by molar-refractivity contribution is 5.76.